The zero-order valence-corrected chi connectivity index (χ0v) is 11.1. The summed E-state index contributed by atoms with van der Waals surface area (Å²) in [6.07, 6.45) is 4.45. The van der Waals surface area contributed by atoms with E-state index in [-0.39, 0.29) is 18.2 Å². The Bertz CT molecular complexity index is 625. The van der Waals surface area contributed by atoms with Crippen molar-refractivity contribution in [2.75, 3.05) is 0 Å². The van der Waals surface area contributed by atoms with E-state index < -0.39 is 16.4 Å². The van der Waals surface area contributed by atoms with Gasteiger partial charge < -0.3 is 10.3 Å². The van der Waals surface area contributed by atoms with E-state index in [2.05, 4.69) is 0 Å². The summed E-state index contributed by atoms with van der Waals surface area (Å²) < 4.78 is 15.7. The number of rotatable bonds is 5. The maximum Gasteiger partial charge on any atom is 0.305 e. The van der Waals surface area contributed by atoms with Gasteiger partial charge in [-0.25, -0.2) is 0 Å². The number of benzene rings is 1. The van der Waals surface area contributed by atoms with Crippen molar-refractivity contribution >= 4 is 5.69 Å². The van der Waals surface area contributed by atoms with Crippen molar-refractivity contribution in [2.45, 2.75) is 25.9 Å². The maximum atomic E-state index is 14.0. The van der Waals surface area contributed by atoms with Crippen LogP contribution in [-0.4, -0.2) is 9.49 Å². The third-order valence-corrected chi connectivity index (χ3v) is 3.25. The second-order valence-electron chi connectivity index (χ2n) is 4.64. The van der Waals surface area contributed by atoms with Crippen LogP contribution < -0.4 is 5.73 Å². The smallest absolute Gasteiger partial charge is 0.305 e. The normalized spacial score (nSPS) is 12.3. The standard InChI is InChI=1S/C14H16FN3O2/c1-2-12(16)10-6-7-17(8-10)9-11-4-3-5-13(14(11)15)18(19)20/h3-8,12H,2,9,16H2,1H3. The molecule has 6 heteroatoms. The molecule has 2 N–H and O–H groups in total. The van der Waals surface area contributed by atoms with E-state index in [1.807, 2.05) is 19.2 Å². The van der Waals surface area contributed by atoms with Gasteiger partial charge in [-0.05, 0) is 18.1 Å². The van der Waals surface area contributed by atoms with Crippen LogP contribution in [0.2, 0.25) is 0 Å². The van der Waals surface area contributed by atoms with Crippen molar-refractivity contribution in [3.8, 4) is 0 Å². The number of hydrogen-bond donors (Lipinski definition) is 1. The zero-order valence-electron chi connectivity index (χ0n) is 11.1. The molecule has 1 aromatic heterocycles. The Hall–Kier alpha value is -2.21. The summed E-state index contributed by atoms with van der Waals surface area (Å²) in [6.45, 7) is 2.23. The van der Waals surface area contributed by atoms with Crippen molar-refractivity contribution in [3.05, 3.63) is 63.7 Å². The Morgan fingerprint density at radius 1 is 1.45 bits per heavy atom. The molecule has 1 heterocycles. The van der Waals surface area contributed by atoms with Gasteiger partial charge in [0.15, 0.2) is 0 Å². The van der Waals surface area contributed by atoms with Crippen molar-refractivity contribution < 1.29 is 9.31 Å². The first-order valence-electron chi connectivity index (χ1n) is 6.36. The van der Waals surface area contributed by atoms with E-state index >= 15 is 0 Å². The Balaban J connectivity index is 2.24. The first-order valence-corrected chi connectivity index (χ1v) is 6.36. The molecule has 1 aromatic carbocycles. The average molecular weight is 277 g/mol. The molecule has 0 bridgehead atoms. The topological polar surface area (TPSA) is 74.1 Å². The van der Waals surface area contributed by atoms with Crippen LogP contribution in [0.4, 0.5) is 10.1 Å². The SMILES string of the molecule is CCC(N)c1ccn(Cc2cccc([N+](=O)[O-])c2F)c1. The van der Waals surface area contributed by atoms with Crippen molar-refractivity contribution in [2.24, 2.45) is 5.73 Å². The minimum atomic E-state index is -0.785. The van der Waals surface area contributed by atoms with Crippen LogP contribution in [0.15, 0.2) is 36.7 Å². The molecule has 0 amide bonds. The molecule has 2 rings (SSSR count). The predicted octanol–water partition coefficient (Wildman–Crippen LogP) is 2.99. The van der Waals surface area contributed by atoms with Gasteiger partial charge >= 0.3 is 5.69 Å². The molecule has 1 atom stereocenters. The van der Waals surface area contributed by atoms with Gasteiger partial charge in [0.1, 0.15) is 0 Å². The number of halogens is 1. The van der Waals surface area contributed by atoms with Gasteiger partial charge in [0, 0.05) is 30.1 Å². The predicted molar refractivity (Wildman–Crippen MR) is 73.8 cm³/mol. The summed E-state index contributed by atoms with van der Waals surface area (Å²) in [7, 11) is 0. The fourth-order valence-corrected chi connectivity index (χ4v) is 2.04. The van der Waals surface area contributed by atoms with E-state index in [9.17, 15) is 14.5 Å². The molecular formula is C14H16FN3O2. The molecule has 0 saturated carbocycles. The summed E-state index contributed by atoms with van der Waals surface area (Å²) in [5, 5.41) is 10.7. The minimum absolute atomic E-state index is 0.0498. The second kappa shape index (κ2) is 5.83. The third kappa shape index (κ3) is 2.85. The Kier molecular flexibility index (Phi) is 4.14. The molecular weight excluding hydrogens is 261 g/mol. The number of nitrogens with zero attached hydrogens (tertiary/aromatic N) is 2. The second-order valence-corrected chi connectivity index (χ2v) is 4.64. The third-order valence-electron chi connectivity index (χ3n) is 3.25. The molecule has 0 aliphatic carbocycles. The van der Waals surface area contributed by atoms with Gasteiger partial charge in [-0.3, -0.25) is 10.1 Å². The van der Waals surface area contributed by atoms with Gasteiger partial charge in [-0.15, -0.1) is 0 Å². The molecule has 0 aliphatic rings. The minimum Gasteiger partial charge on any atom is -0.349 e. The molecule has 0 spiro atoms. The van der Waals surface area contributed by atoms with E-state index in [1.165, 1.54) is 6.07 Å². The van der Waals surface area contributed by atoms with Crippen molar-refractivity contribution in [3.63, 3.8) is 0 Å². The van der Waals surface area contributed by atoms with Gasteiger partial charge in [-0.1, -0.05) is 19.1 Å². The Morgan fingerprint density at radius 2 is 2.20 bits per heavy atom. The Labute approximate surface area is 116 Å². The summed E-state index contributed by atoms with van der Waals surface area (Å²) in [5.41, 5.74) is 6.67. The maximum absolute atomic E-state index is 14.0. The van der Waals surface area contributed by atoms with Crippen LogP contribution in [0.3, 0.4) is 0 Å². The number of nitro groups is 1. The van der Waals surface area contributed by atoms with Gasteiger partial charge in [0.2, 0.25) is 5.82 Å². The summed E-state index contributed by atoms with van der Waals surface area (Å²) in [5.74, 6) is -0.785. The van der Waals surface area contributed by atoms with E-state index in [4.69, 9.17) is 5.73 Å². The summed E-state index contributed by atoms with van der Waals surface area (Å²) in [6, 6.07) is 6.02. The largest absolute Gasteiger partial charge is 0.349 e. The van der Waals surface area contributed by atoms with Crippen molar-refractivity contribution in [1.82, 2.24) is 4.57 Å². The molecule has 0 saturated heterocycles. The van der Waals surface area contributed by atoms with Crippen LogP contribution in [0, 0.1) is 15.9 Å². The van der Waals surface area contributed by atoms with Gasteiger partial charge in [0.25, 0.3) is 0 Å². The monoisotopic (exact) mass is 277 g/mol. The molecule has 5 nitrogen and oxygen atoms in total. The van der Waals surface area contributed by atoms with Crippen LogP contribution in [0.1, 0.15) is 30.5 Å². The lowest BCUT2D eigenvalue weighted by atomic mass is 10.1. The summed E-state index contributed by atoms with van der Waals surface area (Å²) >= 11 is 0. The lowest BCUT2D eigenvalue weighted by Crippen LogP contribution is -2.08. The van der Waals surface area contributed by atoms with E-state index in [1.54, 1.807) is 16.8 Å². The molecule has 106 valence electrons. The highest BCUT2D eigenvalue weighted by molar-refractivity contribution is 5.37. The fourth-order valence-electron chi connectivity index (χ4n) is 2.04. The van der Waals surface area contributed by atoms with Gasteiger partial charge in [-0.2, -0.15) is 4.39 Å². The van der Waals surface area contributed by atoms with Crippen molar-refractivity contribution in [1.29, 1.82) is 0 Å². The quantitative estimate of drug-likeness (QED) is 0.674. The average Bonchev–Trinajstić information content (AvgIpc) is 2.88. The lowest BCUT2D eigenvalue weighted by molar-refractivity contribution is -0.387. The first kappa shape index (κ1) is 14.2. The van der Waals surface area contributed by atoms with Gasteiger partial charge in [0.05, 0.1) is 11.5 Å². The van der Waals surface area contributed by atoms with Crippen LogP contribution in [-0.2, 0) is 6.54 Å². The zero-order chi connectivity index (χ0) is 14.7. The molecule has 0 aliphatic heterocycles. The number of aromatic nitrogens is 1. The molecule has 0 radical (unpaired) electrons. The van der Waals surface area contributed by atoms with Crippen LogP contribution in [0.25, 0.3) is 0 Å². The number of nitrogens with two attached hydrogens (primary N) is 1. The number of nitro benzene ring substituents is 1. The molecule has 0 fully saturated rings. The lowest BCUT2D eigenvalue weighted by Gasteiger charge is -2.07. The molecule has 2 aromatic rings. The van der Waals surface area contributed by atoms with E-state index in [0.29, 0.717) is 0 Å². The Morgan fingerprint density at radius 3 is 2.85 bits per heavy atom. The summed E-state index contributed by atoms with van der Waals surface area (Å²) in [4.78, 5) is 9.99. The number of hydrogen-bond acceptors (Lipinski definition) is 3. The highest BCUT2D eigenvalue weighted by Crippen LogP contribution is 2.22. The van der Waals surface area contributed by atoms with Crippen LogP contribution in [0.5, 0.6) is 0 Å². The molecule has 1 unspecified atom stereocenters. The highest BCUT2D eigenvalue weighted by Gasteiger charge is 2.17. The fraction of sp³-hybridized carbons (Fsp3) is 0.286. The molecule has 20 heavy (non-hydrogen) atoms. The highest BCUT2D eigenvalue weighted by atomic mass is 19.1. The van der Waals surface area contributed by atoms with Crippen LogP contribution >= 0.6 is 0 Å². The first-order chi connectivity index (χ1) is 9.52. The van der Waals surface area contributed by atoms with E-state index in [0.717, 1.165) is 18.1 Å².